The number of methoxy groups -OCH3 is 2. The second kappa shape index (κ2) is 8.75. The topological polar surface area (TPSA) is 77.4 Å². The van der Waals surface area contributed by atoms with Crippen molar-refractivity contribution in [1.29, 1.82) is 0 Å². The molecular formula is C18H16ClNO5. The fraction of sp³-hybridized carbons (Fsp3) is 0.111. The molecule has 2 aromatic carbocycles. The highest BCUT2D eigenvalue weighted by Crippen LogP contribution is 2.36. The van der Waals surface area contributed by atoms with Gasteiger partial charge in [-0.1, -0.05) is 28.9 Å². The molecule has 2 aromatic rings. The Hall–Kier alpha value is -2.99. The molecule has 2 rings (SSSR count). The SMILES string of the molecule is COc1ccc(C=CC(=O)Oc2c(Cl)cc(/C=N/O)cc2OC)cc1. The minimum atomic E-state index is -0.611. The Morgan fingerprint density at radius 3 is 2.44 bits per heavy atom. The van der Waals surface area contributed by atoms with Crippen LogP contribution in [0.5, 0.6) is 17.2 Å². The monoisotopic (exact) mass is 361 g/mol. The van der Waals surface area contributed by atoms with Gasteiger partial charge in [-0.15, -0.1) is 0 Å². The van der Waals surface area contributed by atoms with E-state index in [9.17, 15) is 4.79 Å². The maximum Gasteiger partial charge on any atom is 0.336 e. The summed E-state index contributed by atoms with van der Waals surface area (Å²) in [6.07, 6.45) is 4.07. The summed E-state index contributed by atoms with van der Waals surface area (Å²) >= 11 is 6.11. The van der Waals surface area contributed by atoms with Gasteiger partial charge in [0.2, 0.25) is 0 Å². The van der Waals surface area contributed by atoms with Crippen LogP contribution >= 0.6 is 11.6 Å². The van der Waals surface area contributed by atoms with Crippen LogP contribution in [0.2, 0.25) is 5.02 Å². The molecule has 0 amide bonds. The molecule has 6 nitrogen and oxygen atoms in total. The number of oxime groups is 1. The average molecular weight is 362 g/mol. The van der Waals surface area contributed by atoms with E-state index in [1.54, 1.807) is 37.5 Å². The molecule has 0 aliphatic heterocycles. The Balaban J connectivity index is 2.15. The fourth-order valence-corrected chi connectivity index (χ4v) is 2.25. The fourth-order valence-electron chi connectivity index (χ4n) is 1.99. The second-order valence-corrected chi connectivity index (χ2v) is 5.21. The van der Waals surface area contributed by atoms with Gasteiger partial charge in [0.1, 0.15) is 5.75 Å². The Bertz CT molecular complexity index is 800. The number of carbonyl (C=O) groups excluding carboxylic acids is 1. The van der Waals surface area contributed by atoms with Crippen LogP contribution in [0.3, 0.4) is 0 Å². The van der Waals surface area contributed by atoms with E-state index < -0.39 is 5.97 Å². The van der Waals surface area contributed by atoms with E-state index in [1.807, 2.05) is 0 Å². The Kier molecular flexibility index (Phi) is 6.42. The van der Waals surface area contributed by atoms with Crippen molar-refractivity contribution in [3.63, 3.8) is 0 Å². The lowest BCUT2D eigenvalue weighted by molar-refractivity contribution is -0.129. The Morgan fingerprint density at radius 2 is 1.84 bits per heavy atom. The zero-order valence-corrected chi connectivity index (χ0v) is 14.4. The minimum absolute atomic E-state index is 0.0867. The van der Waals surface area contributed by atoms with Crippen molar-refractivity contribution in [3.05, 3.63) is 58.6 Å². The molecule has 0 atom stereocenters. The van der Waals surface area contributed by atoms with Crippen LogP contribution in [-0.4, -0.2) is 31.6 Å². The molecule has 0 radical (unpaired) electrons. The first-order valence-corrected chi connectivity index (χ1v) is 7.54. The number of benzene rings is 2. The van der Waals surface area contributed by atoms with Gasteiger partial charge < -0.3 is 19.4 Å². The number of esters is 1. The maximum atomic E-state index is 12.0. The molecule has 1 N–H and O–H groups in total. The van der Waals surface area contributed by atoms with Gasteiger partial charge in [0, 0.05) is 11.6 Å². The van der Waals surface area contributed by atoms with E-state index in [0.29, 0.717) is 5.56 Å². The lowest BCUT2D eigenvalue weighted by Gasteiger charge is -2.10. The van der Waals surface area contributed by atoms with Crippen molar-refractivity contribution in [1.82, 2.24) is 0 Å². The normalized spacial score (nSPS) is 11.0. The molecule has 0 aliphatic rings. The standard InChI is InChI=1S/C18H16ClNO5/c1-23-14-6-3-12(4-7-14)5-8-17(21)25-18-15(19)9-13(11-20-22)10-16(18)24-2/h3-11,22H,1-2H3/b8-5?,20-11+. The third kappa shape index (κ3) is 4.99. The van der Waals surface area contributed by atoms with Gasteiger partial charge in [0.25, 0.3) is 0 Å². The van der Waals surface area contributed by atoms with Crippen molar-refractivity contribution in [2.24, 2.45) is 5.16 Å². The summed E-state index contributed by atoms with van der Waals surface area (Å²) in [7, 11) is 2.99. The molecule has 0 spiro atoms. The van der Waals surface area contributed by atoms with Gasteiger partial charge >= 0.3 is 5.97 Å². The predicted molar refractivity (Wildman–Crippen MR) is 95.0 cm³/mol. The van der Waals surface area contributed by atoms with Gasteiger partial charge in [-0.3, -0.25) is 0 Å². The molecule has 0 saturated heterocycles. The average Bonchev–Trinajstić information content (AvgIpc) is 2.62. The molecule has 0 saturated carbocycles. The zero-order chi connectivity index (χ0) is 18.2. The largest absolute Gasteiger partial charge is 0.497 e. The van der Waals surface area contributed by atoms with Crippen molar-refractivity contribution in [2.45, 2.75) is 0 Å². The van der Waals surface area contributed by atoms with Gasteiger partial charge in [-0.25, -0.2) is 4.79 Å². The lowest BCUT2D eigenvalue weighted by atomic mass is 10.2. The molecule has 0 aliphatic carbocycles. The minimum Gasteiger partial charge on any atom is -0.497 e. The highest BCUT2D eigenvalue weighted by Gasteiger charge is 2.14. The van der Waals surface area contributed by atoms with Gasteiger partial charge in [-0.05, 0) is 35.9 Å². The molecular weight excluding hydrogens is 346 g/mol. The van der Waals surface area contributed by atoms with E-state index in [-0.39, 0.29) is 16.5 Å². The van der Waals surface area contributed by atoms with E-state index >= 15 is 0 Å². The second-order valence-electron chi connectivity index (χ2n) is 4.81. The number of carbonyl (C=O) groups is 1. The first-order valence-electron chi connectivity index (χ1n) is 7.16. The molecule has 0 aromatic heterocycles. The van der Waals surface area contributed by atoms with E-state index in [0.717, 1.165) is 11.3 Å². The Morgan fingerprint density at radius 1 is 1.12 bits per heavy atom. The number of hydrogen-bond acceptors (Lipinski definition) is 6. The van der Waals surface area contributed by atoms with Crippen LogP contribution < -0.4 is 14.2 Å². The van der Waals surface area contributed by atoms with Crippen LogP contribution in [0, 0.1) is 0 Å². The van der Waals surface area contributed by atoms with Crippen LogP contribution in [-0.2, 0) is 4.79 Å². The quantitative estimate of drug-likeness (QED) is 0.211. The summed E-state index contributed by atoms with van der Waals surface area (Å²) in [5.74, 6) is 0.444. The predicted octanol–water partition coefficient (Wildman–Crippen LogP) is 3.78. The van der Waals surface area contributed by atoms with Crippen molar-refractivity contribution in [3.8, 4) is 17.2 Å². The molecule has 0 bridgehead atoms. The molecule has 0 fully saturated rings. The summed E-state index contributed by atoms with van der Waals surface area (Å²) in [5, 5.41) is 11.7. The van der Waals surface area contributed by atoms with Gasteiger partial charge in [0.05, 0.1) is 25.5 Å². The number of rotatable bonds is 6. The Labute approximate surface area is 149 Å². The van der Waals surface area contributed by atoms with E-state index in [2.05, 4.69) is 5.16 Å². The van der Waals surface area contributed by atoms with Crippen LogP contribution in [0.15, 0.2) is 47.6 Å². The van der Waals surface area contributed by atoms with Crippen LogP contribution in [0.1, 0.15) is 11.1 Å². The first-order chi connectivity index (χ1) is 12.1. The van der Waals surface area contributed by atoms with Crippen LogP contribution in [0.25, 0.3) is 6.08 Å². The molecule has 0 unspecified atom stereocenters. The van der Waals surface area contributed by atoms with E-state index in [4.69, 9.17) is 31.0 Å². The van der Waals surface area contributed by atoms with Crippen molar-refractivity contribution >= 4 is 29.9 Å². The number of ether oxygens (including phenoxy) is 3. The number of halogens is 1. The highest BCUT2D eigenvalue weighted by molar-refractivity contribution is 6.32. The summed E-state index contributed by atoms with van der Waals surface area (Å²) in [5.41, 5.74) is 1.31. The number of hydrogen-bond donors (Lipinski definition) is 1. The molecule has 0 heterocycles. The smallest absolute Gasteiger partial charge is 0.336 e. The third-order valence-electron chi connectivity index (χ3n) is 3.19. The van der Waals surface area contributed by atoms with Crippen molar-refractivity contribution < 1.29 is 24.2 Å². The van der Waals surface area contributed by atoms with Crippen molar-refractivity contribution in [2.75, 3.05) is 14.2 Å². The lowest BCUT2D eigenvalue weighted by Crippen LogP contribution is -2.06. The third-order valence-corrected chi connectivity index (χ3v) is 3.47. The van der Waals surface area contributed by atoms with Gasteiger partial charge in [0.15, 0.2) is 11.5 Å². The number of nitrogens with zero attached hydrogens (tertiary/aromatic N) is 1. The van der Waals surface area contributed by atoms with E-state index in [1.165, 1.54) is 31.5 Å². The summed E-state index contributed by atoms with van der Waals surface area (Å²) in [6, 6.07) is 10.2. The molecule has 7 heteroatoms. The maximum absolute atomic E-state index is 12.0. The highest BCUT2D eigenvalue weighted by atomic mass is 35.5. The first kappa shape index (κ1) is 18.4. The van der Waals surface area contributed by atoms with Crippen LogP contribution in [0.4, 0.5) is 0 Å². The summed E-state index contributed by atoms with van der Waals surface area (Å²) in [6.45, 7) is 0. The molecule has 130 valence electrons. The summed E-state index contributed by atoms with van der Waals surface area (Å²) < 4.78 is 15.5. The summed E-state index contributed by atoms with van der Waals surface area (Å²) in [4.78, 5) is 12.0. The zero-order valence-electron chi connectivity index (χ0n) is 13.6. The molecule has 25 heavy (non-hydrogen) atoms. The van der Waals surface area contributed by atoms with Gasteiger partial charge in [-0.2, -0.15) is 0 Å².